The lowest BCUT2D eigenvalue weighted by molar-refractivity contribution is -0.126. The van der Waals surface area contributed by atoms with Crippen LogP contribution in [0.5, 0.6) is 23.0 Å². The third kappa shape index (κ3) is 5.42. The molecule has 2 atom stereocenters. The highest BCUT2D eigenvalue weighted by molar-refractivity contribution is 6.25. The third-order valence-electron chi connectivity index (χ3n) is 8.69. The minimum Gasteiger partial charge on any atom is -0.493 e. The van der Waals surface area contributed by atoms with Crippen molar-refractivity contribution in [2.24, 2.45) is 0 Å². The number of nitrogens with zero attached hydrogens (tertiary/aromatic N) is 2. The van der Waals surface area contributed by atoms with Crippen molar-refractivity contribution in [1.82, 2.24) is 9.80 Å². The molecule has 0 fully saturated rings. The second-order valence-electron chi connectivity index (χ2n) is 11.3. The predicted octanol–water partition coefficient (Wildman–Crippen LogP) is 4.40. The topological polar surface area (TPSA) is 129 Å². The van der Waals surface area contributed by atoms with E-state index in [0.29, 0.717) is 34.1 Å². The molecular formula is C37H32N2O9. The van der Waals surface area contributed by atoms with E-state index in [-0.39, 0.29) is 35.1 Å². The van der Waals surface area contributed by atoms with E-state index >= 15 is 4.79 Å². The summed E-state index contributed by atoms with van der Waals surface area (Å²) in [5.74, 6) is -1.63. The number of carbonyl (C=O) groups excluding carboxylic acids is 5. The number of fused-ring (bicyclic) bond motifs is 2. The Balaban J connectivity index is 1.48. The van der Waals surface area contributed by atoms with Crippen molar-refractivity contribution < 1.29 is 42.9 Å². The van der Waals surface area contributed by atoms with Crippen molar-refractivity contribution in [3.8, 4) is 23.0 Å². The van der Waals surface area contributed by atoms with Gasteiger partial charge in [-0.25, -0.2) is 0 Å². The summed E-state index contributed by atoms with van der Waals surface area (Å²) < 4.78 is 21.7. The molecule has 0 bridgehead atoms. The Morgan fingerprint density at radius 2 is 0.812 bits per heavy atom. The van der Waals surface area contributed by atoms with Crippen LogP contribution in [0.4, 0.5) is 0 Å². The molecule has 48 heavy (non-hydrogen) atoms. The van der Waals surface area contributed by atoms with Gasteiger partial charge in [0.05, 0.1) is 50.7 Å². The molecule has 4 aromatic carbocycles. The molecule has 0 radical (unpaired) electrons. The van der Waals surface area contributed by atoms with Gasteiger partial charge in [-0.05, 0) is 59.7 Å². The number of Topliss-reactive ketones (excluding diaryl/α,β-unsaturated/α-hetero) is 1. The fourth-order valence-corrected chi connectivity index (χ4v) is 6.30. The van der Waals surface area contributed by atoms with Gasteiger partial charge in [-0.15, -0.1) is 0 Å². The summed E-state index contributed by atoms with van der Waals surface area (Å²) in [6, 6.07) is 19.8. The van der Waals surface area contributed by atoms with Crippen LogP contribution in [0.3, 0.4) is 0 Å². The van der Waals surface area contributed by atoms with Gasteiger partial charge in [-0.2, -0.15) is 0 Å². The Labute approximate surface area is 276 Å². The number of methoxy groups -OCH3 is 4. The number of rotatable bonds is 12. The number of benzene rings is 4. The van der Waals surface area contributed by atoms with E-state index in [1.807, 2.05) is 0 Å². The highest BCUT2D eigenvalue weighted by atomic mass is 16.5. The first-order valence-electron chi connectivity index (χ1n) is 15.1. The van der Waals surface area contributed by atoms with Crippen LogP contribution in [0.1, 0.15) is 52.6 Å². The number of ether oxygens (including phenoxy) is 4. The van der Waals surface area contributed by atoms with Gasteiger partial charge in [0.25, 0.3) is 23.6 Å². The van der Waals surface area contributed by atoms with Gasteiger partial charge < -0.3 is 18.9 Å². The van der Waals surface area contributed by atoms with Crippen molar-refractivity contribution in [2.75, 3.05) is 28.4 Å². The second-order valence-corrected chi connectivity index (χ2v) is 11.3. The standard InChI is InChI=1S/C37H32N2O9/c1-45-29-15-13-21(19-31(29)47-3)17-27(38-34(41)23-9-5-6-10-24(23)35(38)42)33(40)28(18-22-14-16-30(46-2)32(20-22)48-4)39-36(43)25-11-7-8-12-26(25)37(39)44/h5-16,19-20,27-28H,17-18H2,1-4H3/t27-,28-/m0/s1. The molecule has 11 heteroatoms. The predicted molar refractivity (Wildman–Crippen MR) is 173 cm³/mol. The van der Waals surface area contributed by atoms with Gasteiger partial charge in [0.2, 0.25) is 0 Å². The molecule has 4 aromatic rings. The number of hydrogen-bond donors (Lipinski definition) is 0. The third-order valence-corrected chi connectivity index (χ3v) is 8.69. The molecule has 11 nitrogen and oxygen atoms in total. The Kier molecular flexibility index (Phi) is 8.68. The lowest BCUT2D eigenvalue weighted by atomic mass is 9.91. The lowest BCUT2D eigenvalue weighted by Gasteiger charge is -2.32. The molecule has 0 saturated heterocycles. The number of carbonyl (C=O) groups is 5. The van der Waals surface area contributed by atoms with E-state index in [9.17, 15) is 19.2 Å². The van der Waals surface area contributed by atoms with Crippen LogP contribution in [0.25, 0.3) is 0 Å². The fraction of sp³-hybridized carbons (Fsp3) is 0.216. The van der Waals surface area contributed by atoms with Gasteiger partial charge >= 0.3 is 0 Å². The Morgan fingerprint density at radius 1 is 0.500 bits per heavy atom. The zero-order valence-corrected chi connectivity index (χ0v) is 26.7. The van der Waals surface area contributed by atoms with Gasteiger partial charge in [0.1, 0.15) is 12.1 Å². The van der Waals surface area contributed by atoms with Crippen molar-refractivity contribution in [2.45, 2.75) is 24.9 Å². The number of amides is 4. The number of ketones is 1. The SMILES string of the molecule is COc1ccc(C[C@@H](C(=O)[C@H](Cc2ccc(OC)c(OC)c2)N2C(=O)c3ccccc3C2=O)N2C(=O)c3ccccc3C2=O)cc1OC. The molecule has 0 aromatic heterocycles. The van der Waals surface area contributed by atoms with E-state index in [4.69, 9.17) is 18.9 Å². The maximum absolute atomic E-state index is 15.1. The van der Waals surface area contributed by atoms with Crippen molar-refractivity contribution in [1.29, 1.82) is 0 Å². The smallest absolute Gasteiger partial charge is 0.262 e. The van der Waals surface area contributed by atoms with Gasteiger partial charge in [0, 0.05) is 12.8 Å². The normalized spacial score (nSPS) is 14.8. The highest BCUT2D eigenvalue weighted by Crippen LogP contribution is 2.34. The van der Waals surface area contributed by atoms with E-state index in [2.05, 4.69) is 0 Å². The summed E-state index contributed by atoms with van der Waals surface area (Å²) >= 11 is 0. The van der Waals surface area contributed by atoms with Crippen LogP contribution in [-0.2, 0) is 17.6 Å². The molecule has 4 amide bonds. The van der Waals surface area contributed by atoms with Crippen LogP contribution in [0.2, 0.25) is 0 Å². The first kappa shape index (κ1) is 32.0. The molecule has 6 rings (SSSR count). The Hall–Kier alpha value is -5.97. The van der Waals surface area contributed by atoms with Gasteiger partial charge in [0.15, 0.2) is 28.8 Å². The van der Waals surface area contributed by atoms with E-state index < -0.39 is 41.5 Å². The average Bonchev–Trinajstić information content (AvgIpc) is 3.52. The summed E-state index contributed by atoms with van der Waals surface area (Å²) in [6.45, 7) is 0. The quantitative estimate of drug-likeness (QED) is 0.205. The summed E-state index contributed by atoms with van der Waals surface area (Å²) in [5.41, 5.74) is 1.73. The van der Waals surface area contributed by atoms with Crippen molar-refractivity contribution in [3.05, 3.63) is 118 Å². The minimum absolute atomic E-state index is 0.129. The van der Waals surface area contributed by atoms with Crippen molar-refractivity contribution in [3.63, 3.8) is 0 Å². The highest BCUT2D eigenvalue weighted by Gasteiger charge is 2.49. The average molecular weight is 649 g/mol. The fourth-order valence-electron chi connectivity index (χ4n) is 6.30. The second kappa shape index (κ2) is 13.0. The molecule has 0 N–H and O–H groups in total. The zero-order chi connectivity index (χ0) is 34.1. The first-order chi connectivity index (χ1) is 23.2. The molecule has 244 valence electrons. The first-order valence-corrected chi connectivity index (χ1v) is 15.1. The van der Waals surface area contributed by atoms with Crippen LogP contribution >= 0.6 is 0 Å². The molecule has 2 aliphatic rings. The van der Waals surface area contributed by atoms with Crippen LogP contribution in [0.15, 0.2) is 84.9 Å². The number of hydrogen-bond acceptors (Lipinski definition) is 9. The minimum atomic E-state index is -1.41. The summed E-state index contributed by atoms with van der Waals surface area (Å²) in [5, 5.41) is 0. The van der Waals surface area contributed by atoms with Crippen molar-refractivity contribution >= 4 is 29.4 Å². The van der Waals surface area contributed by atoms with Crippen LogP contribution in [0, 0.1) is 0 Å². The van der Waals surface area contributed by atoms with E-state index in [1.54, 1.807) is 60.7 Å². The van der Waals surface area contributed by atoms with Gasteiger partial charge in [-0.1, -0.05) is 36.4 Å². The Morgan fingerprint density at radius 3 is 1.10 bits per heavy atom. The maximum Gasteiger partial charge on any atom is 0.262 e. The number of imide groups is 2. The molecular weight excluding hydrogens is 616 g/mol. The van der Waals surface area contributed by atoms with Gasteiger partial charge in [-0.3, -0.25) is 33.8 Å². The van der Waals surface area contributed by atoms with E-state index in [0.717, 1.165) is 9.80 Å². The molecule has 2 aliphatic heterocycles. The Bertz CT molecular complexity index is 1760. The van der Waals surface area contributed by atoms with E-state index in [1.165, 1.54) is 52.7 Å². The zero-order valence-electron chi connectivity index (χ0n) is 26.7. The molecule has 0 unspecified atom stereocenters. The maximum atomic E-state index is 15.1. The molecule has 0 saturated carbocycles. The van der Waals surface area contributed by atoms with Crippen LogP contribution in [-0.4, -0.2) is 79.7 Å². The molecule has 2 heterocycles. The summed E-state index contributed by atoms with van der Waals surface area (Å²) in [7, 11) is 5.92. The molecule has 0 spiro atoms. The largest absolute Gasteiger partial charge is 0.493 e. The summed E-state index contributed by atoms with van der Waals surface area (Å²) in [4.78, 5) is 72.4. The molecule has 0 aliphatic carbocycles. The lowest BCUT2D eigenvalue weighted by Crippen LogP contribution is -2.56. The monoisotopic (exact) mass is 648 g/mol. The summed E-state index contributed by atoms with van der Waals surface area (Å²) in [6.07, 6.45) is -0.257. The van der Waals surface area contributed by atoms with Crippen LogP contribution < -0.4 is 18.9 Å².